The van der Waals surface area contributed by atoms with Crippen molar-refractivity contribution in [2.45, 2.75) is 51.9 Å². The van der Waals surface area contributed by atoms with Crippen LogP contribution in [0.5, 0.6) is 0 Å². The minimum absolute atomic E-state index is 0.0264. The van der Waals surface area contributed by atoms with Crippen LogP contribution < -0.4 is 10.2 Å². The van der Waals surface area contributed by atoms with Gasteiger partial charge in [-0.15, -0.1) is 11.3 Å². The van der Waals surface area contributed by atoms with Gasteiger partial charge in [0.2, 0.25) is 0 Å². The third kappa shape index (κ3) is 6.67. The third-order valence-corrected chi connectivity index (χ3v) is 9.72. The second-order valence-corrected chi connectivity index (χ2v) is 13.6. The van der Waals surface area contributed by atoms with Crippen molar-refractivity contribution in [3.05, 3.63) is 118 Å². The lowest BCUT2D eigenvalue weighted by Gasteiger charge is -2.31. The Balaban J connectivity index is 1.43. The number of aliphatic hydroxyl groups is 1. The van der Waals surface area contributed by atoms with Crippen molar-refractivity contribution in [2.75, 3.05) is 23.8 Å². The molecular formula is C37H37F2N3O3S. The first kappa shape index (κ1) is 31.8. The third-order valence-electron chi connectivity index (χ3n) is 8.38. The minimum Gasteiger partial charge on any atom is -0.380 e. The average Bonchev–Trinajstić information content (AvgIpc) is 3.67. The predicted octanol–water partition coefficient (Wildman–Crippen LogP) is 7.57. The van der Waals surface area contributed by atoms with Crippen LogP contribution in [0.1, 0.15) is 53.7 Å². The van der Waals surface area contributed by atoms with Crippen LogP contribution in [0.25, 0.3) is 10.4 Å². The molecule has 0 spiro atoms. The number of thiophene rings is 1. The fourth-order valence-electron chi connectivity index (χ4n) is 5.85. The number of rotatable bonds is 10. The lowest BCUT2D eigenvalue weighted by molar-refractivity contribution is -0.125. The van der Waals surface area contributed by atoms with E-state index in [9.17, 15) is 23.5 Å². The Morgan fingerprint density at radius 2 is 1.67 bits per heavy atom. The zero-order valence-electron chi connectivity index (χ0n) is 26.1. The lowest BCUT2D eigenvalue weighted by atomic mass is 9.92. The van der Waals surface area contributed by atoms with E-state index in [0.717, 1.165) is 21.6 Å². The highest BCUT2D eigenvalue weighted by molar-refractivity contribution is 7.20. The van der Waals surface area contributed by atoms with Gasteiger partial charge in [0.05, 0.1) is 5.56 Å². The van der Waals surface area contributed by atoms with Crippen molar-refractivity contribution in [1.82, 2.24) is 4.90 Å². The molecule has 3 aromatic carbocycles. The summed E-state index contributed by atoms with van der Waals surface area (Å²) < 4.78 is 29.8. The molecule has 6 nitrogen and oxygen atoms in total. The largest absolute Gasteiger partial charge is 0.380 e. The molecule has 2 heterocycles. The Morgan fingerprint density at radius 3 is 2.30 bits per heavy atom. The van der Waals surface area contributed by atoms with Gasteiger partial charge in [0.15, 0.2) is 5.78 Å². The summed E-state index contributed by atoms with van der Waals surface area (Å²) in [4.78, 5) is 31.6. The maximum Gasteiger partial charge on any atom is 0.256 e. The van der Waals surface area contributed by atoms with Crippen molar-refractivity contribution < 1.29 is 23.5 Å². The van der Waals surface area contributed by atoms with Crippen LogP contribution >= 0.6 is 11.3 Å². The number of halogens is 2. The number of fused-ring (bicyclic) bond motifs is 1. The lowest BCUT2D eigenvalue weighted by Crippen LogP contribution is -2.34. The molecule has 0 bridgehead atoms. The number of anilines is 2. The zero-order chi connectivity index (χ0) is 32.6. The summed E-state index contributed by atoms with van der Waals surface area (Å²) in [6.07, 6.45) is 2.84. The van der Waals surface area contributed by atoms with E-state index in [1.54, 1.807) is 12.1 Å². The molecule has 1 saturated carbocycles. The summed E-state index contributed by atoms with van der Waals surface area (Å²) in [5, 5.41) is 13.6. The Bertz CT molecular complexity index is 1780. The second-order valence-electron chi connectivity index (χ2n) is 12.6. The Labute approximate surface area is 272 Å². The van der Waals surface area contributed by atoms with Crippen molar-refractivity contribution >= 4 is 33.7 Å². The SMILES string of the molecule is CC(C)C=C1CN(Cc2c(F)cccc2F)c2sc(-c3ccc(NC(=O)C4(O)CC4)cc3)c(CN(C)Cc3ccccc3)c2C1=O. The van der Waals surface area contributed by atoms with E-state index in [1.165, 1.54) is 29.5 Å². The van der Waals surface area contributed by atoms with Crippen molar-refractivity contribution in [3.8, 4) is 10.4 Å². The number of Topliss-reactive ketones (excluding diaryl/α,β-unsaturated/α-hetero) is 1. The first-order valence-corrected chi connectivity index (χ1v) is 16.3. The molecule has 1 aromatic heterocycles. The van der Waals surface area contributed by atoms with Gasteiger partial charge in [0.1, 0.15) is 22.2 Å². The summed E-state index contributed by atoms with van der Waals surface area (Å²) in [7, 11) is 2.01. The molecule has 4 aromatic rings. The van der Waals surface area contributed by atoms with Gasteiger partial charge in [0, 0.05) is 47.9 Å². The molecule has 0 unspecified atom stereocenters. The molecule has 0 saturated heterocycles. The molecule has 1 aliphatic heterocycles. The number of ketones is 1. The first-order chi connectivity index (χ1) is 22.0. The van der Waals surface area contributed by atoms with Crippen LogP contribution in [0.4, 0.5) is 19.5 Å². The maximum atomic E-state index is 14.9. The standard InChI is InChI=1S/C37H37F2N3O3S/c1-23(2)18-26-20-42(22-28-30(38)10-7-11-31(28)39)35-32(33(26)43)29(21-41(3)19-24-8-5-4-6-9-24)34(46-35)25-12-14-27(15-13-25)40-36(44)37(45)16-17-37/h4-15,18,23,45H,16-17,19-22H2,1-3H3,(H,40,44). The molecule has 238 valence electrons. The fourth-order valence-corrected chi connectivity index (χ4v) is 7.17. The highest BCUT2D eigenvalue weighted by atomic mass is 32.1. The molecule has 2 aliphatic rings. The summed E-state index contributed by atoms with van der Waals surface area (Å²) in [5.41, 5.74) is 3.23. The molecule has 6 rings (SSSR count). The number of hydrogen-bond acceptors (Lipinski definition) is 6. The Morgan fingerprint density at radius 1 is 1.00 bits per heavy atom. The van der Waals surface area contributed by atoms with Gasteiger partial charge in [-0.05, 0) is 66.8 Å². The molecule has 1 amide bonds. The second kappa shape index (κ2) is 12.9. The summed E-state index contributed by atoms with van der Waals surface area (Å²) in [6, 6.07) is 21.3. The van der Waals surface area contributed by atoms with E-state index < -0.39 is 23.1 Å². The molecule has 0 atom stereocenters. The van der Waals surface area contributed by atoms with Gasteiger partial charge < -0.3 is 15.3 Å². The van der Waals surface area contributed by atoms with Crippen LogP contribution in [0, 0.1) is 17.6 Å². The zero-order valence-corrected chi connectivity index (χ0v) is 27.0. The number of benzene rings is 3. The van der Waals surface area contributed by atoms with Gasteiger partial charge in [-0.2, -0.15) is 0 Å². The van der Waals surface area contributed by atoms with Crippen molar-refractivity contribution in [2.24, 2.45) is 5.92 Å². The van der Waals surface area contributed by atoms with Crippen molar-refractivity contribution in [3.63, 3.8) is 0 Å². The van der Waals surface area contributed by atoms with Gasteiger partial charge in [0.25, 0.3) is 5.91 Å². The number of allylic oxidation sites excluding steroid dienone is 1. The van der Waals surface area contributed by atoms with E-state index in [1.807, 2.05) is 62.2 Å². The molecule has 1 aliphatic carbocycles. The molecular weight excluding hydrogens is 604 g/mol. The van der Waals surface area contributed by atoms with Gasteiger partial charge in [-0.1, -0.05) is 68.5 Å². The van der Waals surface area contributed by atoms with E-state index in [4.69, 9.17) is 0 Å². The molecule has 9 heteroatoms. The van der Waals surface area contributed by atoms with E-state index >= 15 is 0 Å². The quantitative estimate of drug-likeness (QED) is 0.175. The number of amides is 1. The average molecular weight is 642 g/mol. The maximum absolute atomic E-state index is 14.9. The monoisotopic (exact) mass is 641 g/mol. The predicted molar refractivity (Wildman–Crippen MR) is 179 cm³/mol. The number of nitrogens with zero attached hydrogens (tertiary/aromatic N) is 2. The van der Waals surface area contributed by atoms with Crippen LogP contribution in [0.2, 0.25) is 0 Å². The summed E-state index contributed by atoms with van der Waals surface area (Å²) in [6.45, 7) is 5.35. The number of hydrogen-bond donors (Lipinski definition) is 2. The normalized spacial score (nSPS) is 16.3. The number of nitrogens with one attached hydrogen (secondary N) is 1. The molecule has 0 radical (unpaired) electrons. The van der Waals surface area contributed by atoms with Crippen LogP contribution in [-0.2, 0) is 24.4 Å². The highest BCUT2D eigenvalue weighted by Gasteiger charge is 2.48. The fraction of sp³-hybridized carbons (Fsp3) is 0.297. The Kier molecular flexibility index (Phi) is 8.92. The number of carbonyl (C=O) groups excluding carboxylic acids is 2. The molecule has 2 N–H and O–H groups in total. The summed E-state index contributed by atoms with van der Waals surface area (Å²) >= 11 is 1.44. The highest BCUT2D eigenvalue weighted by Crippen LogP contribution is 2.47. The Hall–Kier alpha value is -4.18. The van der Waals surface area contributed by atoms with Gasteiger partial charge in [-0.25, -0.2) is 8.78 Å². The van der Waals surface area contributed by atoms with Crippen LogP contribution in [0.3, 0.4) is 0 Å². The van der Waals surface area contributed by atoms with E-state index in [0.29, 0.717) is 47.8 Å². The smallest absolute Gasteiger partial charge is 0.256 e. The summed E-state index contributed by atoms with van der Waals surface area (Å²) in [5.74, 6) is -1.63. The number of carbonyl (C=O) groups is 2. The van der Waals surface area contributed by atoms with E-state index in [2.05, 4.69) is 22.3 Å². The van der Waals surface area contributed by atoms with E-state index in [-0.39, 0.29) is 30.4 Å². The van der Waals surface area contributed by atoms with Crippen LogP contribution in [-0.4, -0.2) is 40.9 Å². The first-order valence-electron chi connectivity index (χ1n) is 15.5. The topological polar surface area (TPSA) is 72.9 Å². The minimum atomic E-state index is -1.29. The molecule has 46 heavy (non-hydrogen) atoms. The molecule has 1 fully saturated rings. The van der Waals surface area contributed by atoms with Crippen molar-refractivity contribution in [1.29, 1.82) is 0 Å². The van der Waals surface area contributed by atoms with Crippen LogP contribution in [0.15, 0.2) is 84.4 Å². The van der Waals surface area contributed by atoms with Gasteiger partial charge in [-0.3, -0.25) is 14.5 Å². The van der Waals surface area contributed by atoms with Gasteiger partial charge >= 0.3 is 0 Å².